The number of aromatic nitrogens is 3. The molecule has 2 aliphatic heterocycles. The van der Waals surface area contributed by atoms with E-state index in [0.717, 1.165) is 75.7 Å². The van der Waals surface area contributed by atoms with Gasteiger partial charge in [0.05, 0.1) is 36.0 Å². The number of methoxy groups -OCH3 is 1. The fraction of sp³-hybridized carbons (Fsp3) is 0.395. The Bertz CT molecular complexity index is 2190. The van der Waals surface area contributed by atoms with Gasteiger partial charge in [-0.15, -0.1) is 0 Å². The van der Waals surface area contributed by atoms with Gasteiger partial charge in [0, 0.05) is 61.2 Å². The van der Waals surface area contributed by atoms with Crippen LogP contribution in [0.5, 0.6) is 5.88 Å². The second-order valence-corrected chi connectivity index (χ2v) is 14.4. The first-order valence-electron chi connectivity index (χ1n) is 17.2. The SMILES string of the molecule is COc1nc(-c2cccc(-c3cccc(NC(=O)c4cn(C[C@@H](C)O)c(=O)n(C)c4=O)c3C)c2Cl)cc2c1[C@@H](N1CC[C@]3(CCC(=O)N3)C1)CC2. The van der Waals surface area contributed by atoms with Crippen LogP contribution in [0.4, 0.5) is 5.69 Å². The number of carbonyl (C=O) groups is 2. The number of aliphatic hydroxyl groups is 1. The van der Waals surface area contributed by atoms with Crippen LogP contribution in [0.3, 0.4) is 0 Å². The van der Waals surface area contributed by atoms with Gasteiger partial charge in [0.1, 0.15) is 5.56 Å². The van der Waals surface area contributed by atoms with E-state index in [1.165, 1.54) is 25.7 Å². The molecule has 51 heavy (non-hydrogen) atoms. The van der Waals surface area contributed by atoms with Crippen LogP contribution in [0.2, 0.25) is 5.02 Å². The van der Waals surface area contributed by atoms with E-state index in [1.54, 1.807) is 19.2 Å². The molecule has 4 aromatic rings. The molecule has 2 aromatic carbocycles. The maximum atomic E-state index is 13.4. The minimum Gasteiger partial charge on any atom is -0.481 e. The molecule has 1 spiro atoms. The number of carbonyl (C=O) groups excluding carboxylic acids is 2. The molecule has 2 saturated heterocycles. The summed E-state index contributed by atoms with van der Waals surface area (Å²) in [5.74, 6) is 0.0364. The standard InChI is InChI=1S/C38H41ClN6O6/c1-21(46)18-45-19-27(36(49)43(3)37(45)50)34(48)40-28-10-6-7-24(22(28)2)25-8-5-9-26(33(25)39)29-17-23-11-12-30(32(23)35(41-29)51-4)44-16-15-38(20-44)14-13-31(47)42-38/h5-10,17,19,21,30,46H,11-16,18,20H2,1-4H3,(H,40,48)(H,42,47)/t21-,30+,38-/m1/s1. The summed E-state index contributed by atoms with van der Waals surface area (Å²) < 4.78 is 7.91. The Morgan fingerprint density at radius 2 is 1.88 bits per heavy atom. The molecule has 0 radical (unpaired) electrons. The van der Waals surface area contributed by atoms with Crippen LogP contribution in [-0.2, 0) is 24.8 Å². The van der Waals surface area contributed by atoms with Gasteiger partial charge in [-0.2, -0.15) is 0 Å². The number of pyridine rings is 1. The Balaban J connectivity index is 1.18. The Morgan fingerprint density at radius 3 is 2.61 bits per heavy atom. The lowest BCUT2D eigenvalue weighted by Crippen LogP contribution is -2.44. The van der Waals surface area contributed by atoms with Gasteiger partial charge < -0.3 is 20.5 Å². The number of aryl methyl sites for hydroxylation is 1. The lowest BCUT2D eigenvalue weighted by atomic mass is 9.96. The first-order valence-corrected chi connectivity index (χ1v) is 17.6. The number of rotatable bonds is 8. The second kappa shape index (κ2) is 13.4. The number of halogens is 1. The Labute approximate surface area is 300 Å². The molecule has 0 unspecified atom stereocenters. The van der Waals surface area contributed by atoms with Crippen LogP contribution in [0.25, 0.3) is 22.4 Å². The molecule has 13 heteroatoms. The number of fused-ring (bicyclic) bond motifs is 1. The molecule has 3 aliphatic rings. The summed E-state index contributed by atoms with van der Waals surface area (Å²) in [5, 5.41) is 16.4. The predicted octanol–water partition coefficient (Wildman–Crippen LogP) is 4.22. The molecule has 2 aromatic heterocycles. The van der Waals surface area contributed by atoms with Gasteiger partial charge in [-0.3, -0.25) is 28.4 Å². The van der Waals surface area contributed by atoms with Crippen molar-refractivity contribution in [1.82, 2.24) is 24.3 Å². The number of anilines is 1. The van der Waals surface area contributed by atoms with E-state index in [4.69, 9.17) is 21.3 Å². The molecular weight excluding hydrogens is 672 g/mol. The minimum absolute atomic E-state index is 0.0674. The van der Waals surface area contributed by atoms with Crippen molar-refractivity contribution in [3.8, 4) is 28.3 Å². The zero-order chi connectivity index (χ0) is 36.2. The Hall–Kier alpha value is -4.78. The van der Waals surface area contributed by atoms with E-state index in [0.29, 0.717) is 28.7 Å². The van der Waals surface area contributed by atoms with Gasteiger partial charge in [-0.25, -0.2) is 9.78 Å². The van der Waals surface area contributed by atoms with Gasteiger partial charge in [0.25, 0.3) is 11.5 Å². The van der Waals surface area contributed by atoms with Gasteiger partial charge in [0.15, 0.2) is 0 Å². The highest BCUT2D eigenvalue weighted by Crippen LogP contribution is 2.47. The molecule has 2 fully saturated rings. The number of nitrogens with zero attached hydrogens (tertiary/aromatic N) is 4. The third-order valence-electron chi connectivity index (χ3n) is 10.6. The van der Waals surface area contributed by atoms with Crippen molar-refractivity contribution in [2.75, 3.05) is 25.5 Å². The third kappa shape index (κ3) is 6.25. The van der Waals surface area contributed by atoms with Crippen LogP contribution < -0.4 is 26.6 Å². The van der Waals surface area contributed by atoms with E-state index in [1.807, 2.05) is 31.2 Å². The third-order valence-corrected chi connectivity index (χ3v) is 11.0. The quantitative estimate of drug-likeness (QED) is 0.246. The van der Waals surface area contributed by atoms with E-state index in [9.17, 15) is 24.3 Å². The van der Waals surface area contributed by atoms with Crippen LogP contribution in [0.1, 0.15) is 65.7 Å². The van der Waals surface area contributed by atoms with E-state index in [2.05, 4.69) is 21.6 Å². The van der Waals surface area contributed by atoms with Crippen LogP contribution >= 0.6 is 11.6 Å². The van der Waals surface area contributed by atoms with Gasteiger partial charge in [-0.05, 0) is 68.4 Å². The van der Waals surface area contributed by atoms with Crippen molar-refractivity contribution in [1.29, 1.82) is 0 Å². The second-order valence-electron chi connectivity index (χ2n) is 14.0. The molecule has 2 amide bonds. The lowest BCUT2D eigenvalue weighted by Gasteiger charge is -2.28. The summed E-state index contributed by atoms with van der Waals surface area (Å²) in [4.78, 5) is 58.3. The van der Waals surface area contributed by atoms with E-state index < -0.39 is 23.3 Å². The first-order chi connectivity index (χ1) is 24.4. The van der Waals surface area contributed by atoms with Crippen molar-refractivity contribution in [2.45, 2.75) is 70.2 Å². The fourth-order valence-electron chi connectivity index (χ4n) is 7.98. The average molecular weight is 713 g/mol. The van der Waals surface area contributed by atoms with Gasteiger partial charge in [-0.1, -0.05) is 41.9 Å². The molecule has 1 aliphatic carbocycles. The fourth-order valence-corrected chi connectivity index (χ4v) is 8.30. The van der Waals surface area contributed by atoms with Crippen molar-refractivity contribution >= 4 is 29.1 Å². The summed E-state index contributed by atoms with van der Waals surface area (Å²) >= 11 is 7.17. The molecule has 7 rings (SSSR count). The van der Waals surface area contributed by atoms with Crippen molar-refractivity contribution in [2.24, 2.45) is 7.05 Å². The minimum atomic E-state index is -0.855. The van der Waals surface area contributed by atoms with Crippen LogP contribution in [0.15, 0.2) is 58.3 Å². The normalized spacial score (nSPS) is 20.4. The molecule has 3 atom stereocenters. The monoisotopic (exact) mass is 712 g/mol. The highest BCUT2D eigenvalue weighted by atomic mass is 35.5. The molecule has 3 N–H and O–H groups in total. The number of ether oxygens (including phenoxy) is 1. The van der Waals surface area contributed by atoms with Crippen LogP contribution in [0, 0.1) is 6.92 Å². The molecule has 266 valence electrons. The number of hydrogen-bond donors (Lipinski definition) is 3. The van der Waals surface area contributed by atoms with Gasteiger partial charge in [0.2, 0.25) is 11.8 Å². The number of hydrogen-bond acceptors (Lipinski definition) is 8. The number of amides is 2. The lowest BCUT2D eigenvalue weighted by molar-refractivity contribution is -0.119. The zero-order valence-corrected chi connectivity index (χ0v) is 29.8. The molecule has 0 saturated carbocycles. The Morgan fingerprint density at radius 1 is 1.14 bits per heavy atom. The smallest absolute Gasteiger partial charge is 0.330 e. The predicted molar refractivity (Wildman–Crippen MR) is 194 cm³/mol. The van der Waals surface area contributed by atoms with Crippen molar-refractivity contribution in [3.63, 3.8) is 0 Å². The molecular formula is C38H41ClN6O6. The summed E-state index contributed by atoms with van der Waals surface area (Å²) in [6.45, 7) is 5.04. The van der Waals surface area contributed by atoms with Gasteiger partial charge >= 0.3 is 5.69 Å². The van der Waals surface area contributed by atoms with Crippen LogP contribution in [-0.4, -0.2) is 67.8 Å². The topological polar surface area (TPSA) is 148 Å². The largest absolute Gasteiger partial charge is 0.481 e. The molecule has 4 heterocycles. The Kier molecular flexibility index (Phi) is 9.11. The summed E-state index contributed by atoms with van der Waals surface area (Å²) in [5.41, 5.74) is 4.71. The number of likely N-dealkylation sites (tertiary alicyclic amines) is 1. The maximum Gasteiger partial charge on any atom is 0.330 e. The summed E-state index contributed by atoms with van der Waals surface area (Å²) in [6.07, 6.45) is 4.56. The maximum absolute atomic E-state index is 13.4. The van der Waals surface area contributed by atoms with Crippen molar-refractivity contribution in [3.05, 3.63) is 96.8 Å². The van der Waals surface area contributed by atoms with E-state index in [-0.39, 0.29) is 29.6 Å². The average Bonchev–Trinajstić information content (AvgIpc) is 3.83. The van der Waals surface area contributed by atoms with E-state index >= 15 is 0 Å². The molecule has 12 nitrogen and oxygen atoms in total. The zero-order valence-electron chi connectivity index (χ0n) is 29.1. The summed E-state index contributed by atoms with van der Waals surface area (Å²) in [6, 6.07) is 13.5. The van der Waals surface area contributed by atoms with Crippen molar-refractivity contribution < 1.29 is 19.4 Å². The first kappa shape index (κ1) is 34.7. The highest BCUT2D eigenvalue weighted by Gasteiger charge is 2.46. The number of aliphatic hydroxyl groups excluding tert-OH is 1. The number of nitrogens with one attached hydrogen (secondary N) is 2. The summed E-state index contributed by atoms with van der Waals surface area (Å²) in [7, 11) is 2.94. The molecule has 0 bridgehead atoms. The highest BCUT2D eigenvalue weighted by molar-refractivity contribution is 6.36. The number of benzene rings is 2.